The zero-order valence-electron chi connectivity index (χ0n) is 11.5. The van der Waals surface area contributed by atoms with Gasteiger partial charge in [-0.25, -0.2) is 0 Å². The lowest BCUT2D eigenvalue weighted by Gasteiger charge is -2.26. The predicted molar refractivity (Wildman–Crippen MR) is 76.1 cm³/mol. The van der Waals surface area contributed by atoms with E-state index in [1.54, 1.807) is 0 Å². The van der Waals surface area contributed by atoms with E-state index in [1.165, 1.54) is 43.5 Å². The molecule has 104 valence electrons. The first-order valence-corrected chi connectivity index (χ1v) is 7.26. The molecule has 2 rings (SSSR count). The number of aliphatic carboxylic acids is 1. The molecule has 19 heavy (non-hydrogen) atoms. The van der Waals surface area contributed by atoms with E-state index in [0.29, 0.717) is 0 Å². The Bertz CT molecular complexity index is 411. The Kier molecular flexibility index (Phi) is 5.40. The molecule has 0 spiro atoms. The van der Waals surface area contributed by atoms with Crippen LogP contribution >= 0.6 is 0 Å². The SMILES string of the molecule is O=C(O)CCCc1cccc(CN2CCCCC2)c1. The van der Waals surface area contributed by atoms with E-state index in [2.05, 4.69) is 29.2 Å². The lowest BCUT2D eigenvalue weighted by atomic mass is 10.0. The molecule has 3 nitrogen and oxygen atoms in total. The molecule has 1 heterocycles. The first-order chi connectivity index (χ1) is 9.24. The van der Waals surface area contributed by atoms with Crippen LogP contribution in [0.25, 0.3) is 0 Å². The lowest BCUT2D eigenvalue weighted by Crippen LogP contribution is -2.29. The standard InChI is InChI=1S/C16H23NO2/c18-16(19)9-5-7-14-6-4-8-15(12-14)13-17-10-2-1-3-11-17/h4,6,8,12H,1-3,5,7,9-11,13H2,(H,18,19). The summed E-state index contributed by atoms with van der Waals surface area (Å²) in [6.07, 6.45) is 5.85. The van der Waals surface area contributed by atoms with E-state index in [-0.39, 0.29) is 6.42 Å². The van der Waals surface area contributed by atoms with E-state index < -0.39 is 5.97 Å². The van der Waals surface area contributed by atoms with Crippen molar-refractivity contribution in [1.82, 2.24) is 4.90 Å². The summed E-state index contributed by atoms with van der Waals surface area (Å²) >= 11 is 0. The number of carbonyl (C=O) groups is 1. The fourth-order valence-electron chi connectivity index (χ4n) is 2.70. The lowest BCUT2D eigenvalue weighted by molar-refractivity contribution is -0.137. The van der Waals surface area contributed by atoms with Crippen LogP contribution in [0.4, 0.5) is 0 Å². The first kappa shape index (κ1) is 14.1. The molecule has 0 atom stereocenters. The Labute approximate surface area is 115 Å². The van der Waals surface area contributed by atoms with E-state index in [9.17, 15) is 4.79 Å². The van der Waals surface area contributed by atoms with Gasteiger partial charge in [-0.15, -0.1) is 0 Å². The molecule has 1 saturated heterocycles. The minimum Gasteiger partial charge on any atom is -0.481 e. The maximum Gasteiger partial charge on any atom is 0.303 e. The fraction of sp³-hybridized carbons (Fsp3) is 0.562. The number of carboxylic acid groups (broad SMARTS) is 1. The molecule has 1 aromatic carbocycles. The van der Waals surface area contributed by atoms with Crippen molar-refractivity contribution in [3.63, 3.8) is 0 Å². The largest absolute Gasteiger partial charge is 0.481 e. The van der Waals surface area contributed by atoms with Crippen molar-refractivity contribution in [3.8, 4) is 0 Å². The highest BCUT2D eigenvalue weighted by Crippen LogP contribution is 2.15. The van der Waals surface area contributed by atoms with Crippen LogP contribution in [0.3, 0.4) is 0 Å². The molecule has 1 N–H and O–H groups in total. The molecule has 0 saturated carbocycles. The fourth-order valence-corrected chi connectivity index (χ4v) is 2.70. The van der Waals surface area contributed by atoms with Crippen LogP contribution in [0.1, 0.15) is 43.2 Å². The summed E-state index contributed by atoms with van der Waals surface area (Å²) in [5, 5.41) is 8.66. The monoisotopic (exact) mass is 261 g/mol. The highest BCUT2D eigenvalue weighted by atomic mass is 16.4. The molecule has 0 aromatic heterocycles. The Morgan fingerprint density at radius 2 is 1.89 bits per heavy atom. The van der Waals surface area contributed by atoms with Gasteiger partial charge in [-0.2, -0.15) is 0 Å². The Hall–Kier alpha value is -1.35. The minimum atomic E-state index is -0.704. The molecule has 1 aromatic rings. The number of hydrogen-bond acceptors (Lipinski definition) is 2. The number of carboxylic acids is 1. The zero-order valence-corrected chi connectivity index (χ0v) is 11.5. The van der Waals surface area contributed by atoms with Gasteiger partial charge in [0.25, 0.3) is 0 Å². The van der Waals surface area contributed by atoms with Gasteiger partial charge in [0, 0.05) is 13.0 Å². The Balaban J connectivity index is 1.85. The summed E-state index contributed by atoms with van der Waals surface area (Å²) in [4.78, 5) is 13.0. The van der Waals surface area contributed by atoms with Crippen LogP contribution in [0, 0.1) is 0 Å². The summed E-state index contributed by atoms with van der Waals surface area (Å²) in [5.74, 6) is -0.704. The summed E-state index contributed by atoms with van der Waals surface area (Å²) in [7, 11) is 0. The Morgan fingerprint density at radius 3 is 2.63 bits per heavy atom. The number of rotatable bonds is 6. The average Bonchev–Trinajstić information content (AvgIpc) is 2.40. The maximum absolute atomic E-state index is 10.5. The molecule has 0 bridgehead atoms. The average molecular weight is 261 g/mol. The van der Waals surface area contributed by atoms with Crippen LogP contribution < -0.4 is 0 Å². The zero-order chi connectivity index (χ0) is 13.5. The number of piperidine rings is 1. The first-order valence-electron chi connectivity index (χ1n) is 7.26. The van der Waals surface area contributed by atoms with Crippen LogP contribution in [0.5, 0.6) is 0 Å². The van der Waals surface area contributed by atoms with Crippen molar-refractivity contribution in [2.75, 3.05) is 13.1 Å². The maximum atomic E-state index is 10.5. The van der Waals surface area contributed by atoms with Gasteiger partial charge in [0.15, 0.2) is 0 Å². The molecular weight excluding hydrogens is 238 g/mol. The summed E-state index contributed by atoms with van der Waals surface area (Å²) in [5.41, 5.74) is 2.62. The van der Waals surface area contributed by atoms with E-state index in [0.717, 1.165) is 19.4 Å². The van der Waals surface area contributed by atoms with Crippen molar-refractivity contribution in [1.29, 1.82) is 0 Å². The van der Waals surface area contributed by atoms with Crippen LogP contribution in [-0.4, -0.2) is 29.1 Å². The highest BCUT2D eigenvalue weighted by molar-refractivity contribution is 5.66. The quantitative estimate of drug-likeness (QED) is 0.855. The van der Waals surface area contributed by atoms with Crippen molar-refractivity contribution in [2.45, 2.75) is 45.1 Å². The summed E-state index contributed by atoms with van der Waals surface area (Å²) in [6, 6.07) is 8.60. The van der Waals surface area contributed by atoms with E-state index in [4.69, 9.17) is 5.11 Å². The van der Waals surface area contributed by atoms with Gasteiger partial charge < -0.3 is 5.11 Å². The van der Waals surface area contributed by atoms with Gasteiger partial charge in [0.05, 0.1) is 0 Å². The van der Waals surface area contributed by atoms with Crippen LogP contribution in [0.2, 0.25) is 0 Å². The van der Waals surface area contributed by atoms with E-state index in [1.807, 2.05) is 0 Å². The van der Waals surface area contributed by atoms with E-state index >= 15 is 0 Å². The van der Waals surface area contributed by atoms with Crippen molar-refractivity contribution in [3.05, 3.63) is 35.4 Å². The van der Waals surface area contributed by atoms with Crippen molar-refractivity contribution < 1.29 is 9.90 Å². The third-order valence-corrected chi connectivity index (χ3v) is 3.70. The second kappa shape index (κ2) is 7.29. The normalized spacial score (nSPS) is 16.4. The smallest absolute Gasteiger partial charge is 0.303 e. The van der Waals surface area contributed by atoms with Crippen LogP contribution in [-0.2, 0) is 17.8 Å². The number of nitrogens with zero attached hydrogens (tertiary/aromatic N) is 1. The van der Waals surface area contributed by atoms with Gasteiger partial charge in [-0.1, -0.05) is 30.7 Å². The van der Waals surface area contributed by atoms with Crippen LogP contribution in [0.15, 0.2) is 24.3 Å². The molecule has 0 unspecified atom stereocenters. The number of benzene rings is 1. The van der Waals surface area contributed by atoms with Gasteiger partial charge in [-0.3, -0.25) is 9.69 Å². The van der Waals surface area contributed by atoms with Gasteiger partial charge in [-0.05, 0) is 49.9 Å². The summed E-state index contributed by atoms with van der Waals surface area (Å²) < 4.78 is 0. The van der Waals surface area contributed by atoms with Crippen molar-refractivity contribution in [2.24, 2.45) is 0 Å². The van der Waals surface area contributed by atoms with Gasteiger partial charge in [0.2, 0.25) is 0 Å². The third kappa shape index (κ3) is 5.03. The predicted octanol–water partition coefficient (Wildman–Crippen LogP) is 3.08. The highest BCUT2D eigenvalue weighted by Gasteiger charge is 2.10. The molecule has 1 fully saturated rings. The summed E-state index contributed by atoms with van der Waals surface area (Å²) in [6.45, 7) is 3.46. The Morgan fingerprint density at radius 1 is 1.16 bits per heavy atom. The van der Waals surface area contributed by atoms with Gasteiger partial charge in [0.1, 0.15) is 0 Å². The molecular formula is C16H23NO2. The molecule has 0 radical (unpaired) electrons. The molecule has 1 aliphatic rings. The number of likely N-dealkylation sites (tertiary alicyclic amines) is 1. The molecule has 0 aliphatic carbocycles. The second-order valence-corrected chi connectivity index (χ2v) is 5.40. The van der Waals surface area contributed by atoms with Gasteiger partial charge >= 0.3 is 5.97 Å². The molecule has 1 aliphatic heterocycles. The number of aryl methyl sites for hydroxylation is 1. The number of hydrogen-bond donors (Lipinski definition) is 1. The molecule has 3 heteroatoms. The minimum absolute atomic E-state index is 0.260. The third-order valence-electron chi connectivity index (χ3n) is 3.70. The topological polar surface area (TPSA) is 40.5 Å². The van der Waals surface area contributed by atoms with Crippen molar-refractivity contribution >= 4 is 5.97 Å². The second-order valence-electron chi connectivity index (χ2n) is 5.40. The molecule has 0 amide bonds.